The predicted octanol–water partition coefficient (Wildman–Crippen LogP) is 12.8. The van der Waals surface area contributed by atoms with Crippen LogP contribution < -0.4 is 0 Å². The third kappa shape index (κ3) is 12.3. The Morgan fingerprint density at radius 3 is 1.46 bits per heavy atom. The number of hydrogen-bond donors (Lipinski definition) is 0. The zero-order valence-corrected chi connectivity index (χ0v) is 31.9. The largest absolute Gasteiger partial charge is 0.465 e. The van der Waals surface area contributed by atoms with Crippen LogP contribution in [0.5, 0.6) is 0 Å². The molecule has 0 aliphatic heterocycles. The molecule has 0 atom stereocenters. The van der Waals surface area contributed by atoms with Crippen molar-refractivity contribution in [2.75, 3.05) is 19.8 Å². The van der Waals surface area contributed by atoms with E-state index in [1.165, 1.54) is 161 Å². The van der Waals surface area contributed by atoms with Gasteiger partial charge < -0.3 is 4.74 Å². The monoisotopic (exact) mass is 671 g/mol. The highest BCUT2D eigenvalue weighted by Crippen LogP contribution is 2.44. The average Bonchev–Trinajstić information content (AvgIpc) is 3.14. The van der Waals surface area contributed by atoms with Gasteiger partial charge in [-0.3, -0.25) is 4.79 Å². The Kier molecular flexibility index (Phi) is 16.9. The zero-order valence-electron chi connectivity index (χ0n) is 31.9. The molecule has 0 spiro atoms. The number of esters is 1. The topological polar surface area (TPSA) is 44.8 Å². The van der Waals surface area contributed by atoms with Crippen LogP contribution in [-0.4, -0.2) is 25.8 Å². The van der Waals surface area contributed by atoms with Gasteiger partial charge in [0, 0.05) is 5.41 Å². The highest BCUT2D eigenvalue weighted by atomic mass is 17.2. The molecule has 5 saturated carbocycles. The minimum Gasteiger partial charge on any atom is -0.465 e. The molecule has 0 N–H and O–H groups in total. The summed E-state index contributed by atoms with van der Waals surface area (Å²) < 4.78 is 6.14. The molecule has 5 rings (SSSR count). The van der Waals surface area contributed by atoms with Crippen LogP contribution in [-0.2, 0) is 19.3 Å². The number of hydrogen-bond acceptors (Lipinski definition) is 4. The third-order valence-corrected chi connectivity index (χ3v) is 14.7. The molecule has 5 aliphatic rings. The van der Waals surface area contributed by atoms with Gasteiger partial charge in [0.05, 0.1) is 25.7 Å². The van der Waals surface area contributed by atoms with Gasteiger partial charge in [-0.05, 0) is 131 Å². The fraction of sp³-hybridized carbons (Fsp3) is 0.977. The lowest BCUT2D eigenvalue weighted by atomic mass is 9.68. The van der Waals surface area contributed by atoms with Crippen molar-refractivity contribution < 1.29 is 19.3 Å². The van der Waals surface area contributed by atoms with Gasteiger partial charge in [0.15, 0.2) is 0 Å². The molecule has 0 heterocycles. The zero-order chi connectivity index (χ0) is 33.4. The van der Waals surface area contributed by atoms with Crippen LogP contribution in [0.25, 0.3) is 0 Å². The molecular formula is C44H78O4. The maximum Gasteiger partial charge on any atom is 0.308 e. The lowest BCUT2D eigenvalue weighted by Gasteiger charge is -2.39. The number of carbonyl (C=O) groups is 1. The third-order valence-electron chi connectivity index (χ3n) is 14.7. The van der Waals surface area contributed by atoms with Crippen LogP contribution in [0.2, 0.25) is 0 Å². The maximum atomic E-state index is 13.3. The van der Waals surface area contributed by atoms with Gasteiger partial charge in [-0.15, -0.1) is 0 Å². The summed E-state index contributed by atoms with van der Waals surface area (Å²) in [4.78, 5) is 25.2. The van der Waals surface area contributed by atoms with Gasteiger partial charge in [0.25, 0.3) is 0 Å². The maximum absolute atomic E-state index is 13.3. The molecule has 4 heteroatoms. The van der Waals surface area contributed by atoms with E-state index >= 15 is 0 Å². The quantitative estimate of drug-likeness (QED) is 0.0630. The Morgan fingerprint density at radius 2 is 0.979 bits per heavy atom. The summed E-state index contributed by atoms with van der Waals surface area (Å²) in [6.07, 6.45) is 38.8. The first kappa shape index (κ1) is 38.6. The summed E-state index contributed by atoms with van der Waals surface area (Å²) in [5.41, 5.74) is -0.0616. The highest BCUT2D eigenvalue weighted by Gasteiger charge is 2.38. The van der Waals surface area contributed by atoms with Crippen molar-refractivity contribution in [3.05, 3.63) is 0 Å². The number of ether oxygens (including phenoxy) is 1. The van der Waals surface area contributed by atoms with Crippen LogP contribution in [0.3, 0.4) is 0 Å². The Bertz CT molecular complexity index is 849. The van der Waals surface area contributed by atoms with E-state index in [9.17, 15) is 4.79 Å². The minimum absolute atomic E-state index is 0.0616. The van der Waals surface area contributed by atoms with Crippen LogP contribution in [0, 0.1) is 52.8 Å². The van der Waals surface area contributed by atoms with Crippen molar-refractivity contribution in [3.8, 4) is 0 Å². The fourth-order valence-electron chi connectivity index (χ4n) is 11.2. The number of rotatable bonds is 18. The van der Waals surface area contributed by atoms with Crippen LogP contribution in [0.1, 0.15) is 200 Å². The summed E-state index contributed by atoms with van der Waals surface area (Å²) in [6.45, 7) is 6.46. The molecule has 0 unspecified atom stereocenters. The van der Waals surface area contributed by atoms with Crippen molar-refractivity contribution in [3.63, 3.8) is 0 Å². The van der Waals surface area contributed by atoms with Crippen molar-refractivity contribution in [1.29, 1.82) is 0 Å². The van der Waals surface area contributed by atoms with Crippen LogP contribution in [0.4, 0.5) is 0 Å². The van der Waals surface area contributed by atoms with E-state index in [1.54, 1.807) is 0 Å². The summed E-state index contributed by atoms with van der Waals surface area (Å²) >= 11 is 0. The van der Waals surface area contributed by atoms with Crippen molar-refractivity contribution in [1.82, 2.24) is 0 Å². The van der Waals surface area contributed by atoms with Crippen molar-refractivity contribution >= 4 is 5.97 Å². The summed E-state index contributed by atoms with van der Waals surface area (Å²) in [7, 11) is 0. The molecule has 0 aromatic heterocycles. The second-order valence-corrected chi connectivity index (χ2v) is 18.2. The second-order valence-electron chi connectivity index (χ2n) is 18.2. The highest BCUT2D eigenvalue weighted by molar-refractivity contribution is 5.72. The Hall–Kier alpha value is -0.610. The normalized spacial score (nSPS) is 34.5. The van der Waals surface area contributed by atoms with E-state index in [-0.39, 0.29) is 17.3 Å². The van der Waals surface area contributed by atoms with E-state index in [2.05, 4.69) is 13.8 Å². The average molecular weight is 671 g/mol. The first-order valence-electron chi connectivity index (χ1n) is 22.0. The number of unbranched alkanes of at least 4 members (excludes halogenated alkanes) is 4. The van der Waals surface area contributed by atoms with Crippen molar-refractivity contribution in [2.45, 2.75) is 200 Å². The molecule has 48 heavy (non-hydrogen) atoms. The first-order valence-corrected chi connectivity index (χ1v) is 22.0. The van der Waals surface area contributed by atoms with Crippen LogP contribution in [0.15, 0.2) is 0 Å². The Morgan fingerprint density at radius 1 is 0.521 bits per heavy atom. The molecule has 278 valence electrons. The molecular weight excluding hydrogens is 592 g/mol. The van der Waals surface area contributed by atoms with E-state index in [0.29, 0.717) is 19.1 Å². The Labute approximate surface area is 297 Å². The SMILES string of the molecule is CCCCCC1CCC(C2CCC(COOCC3(COC(=O)C4CCC(C5CCC(CCCCC)CC5)CC4)CCCCC3)CC2)CC1. The van der Waals surface area contributed by atoms with E-state index in [4.69, 9.17) is 14.5 Å². The predicted molar refractivity (Wildman–Crippen MR) is 198 cm³/mol. The molecule has 0 bridgehead atoms. The van der Waals surface area contributed by atoms with Gasteiger partial charge in [-0.25, -0.2) is 9.78 Å². The minimum atomic E-state index is -0.0616. The van der Waals surface area contributed by atoms with Gasteiger partial charge in [-0.1, -0.05) is 110 Å². The van der Waals surface area contributed by atoms with Gasteiger partial charge in [0.1, 0.15) is 0 Å². The lowest BCUT2D eigenvalue weighted by Crippen LogP contribution is -2.37. The molecule has 0 radical (unpaired) electrons. The van der Waals surface area contributed by atoms with E-state index in [1.807, 2.05) is 0 Å². The van der Waals surface area contributed by atoms with Gasteiger partial charge in [0.2, 0.25) is 0 Å². The first-order chi connectivity index (χ1) is 23.6. The summed E-state index contributed by atoms with van der Waals surface area (Å²) in [5, 5.41) is 0. The lowest BCUT2D eigenvalue weighted by molar-refractivity contribution is -0.321. The van der Waals surface area contributed by atoms with E-state index in [0.717, 1.165) is 67.8 Å². The summed E-state index contributed by atoms with van der Waals surface area (Å²) in [5.74, 6) is 6.52. The van der Waals surface area contributed by atoms with Crippen LogP contribution >= 0.6 is 0 Å². The van der Waals surface area contributed by atoms with Gasteiger partial charge in [-0.2, -0.15) is 0 Å². The second kappa shape index (κ2) is 21.0. The summed E-state index contributed by atoms with van der Waals surface area (Å²) in [6, 6.07) is 0. The standard InChI is InChI=1S/C44H78O4/c1-3-5-8-12-35-14-20-38(21-15-35)40-24-18-37(19-25-40)32-47-48-34-44(30-10-7-11-31-44)33-46-43(45)42-28-26-41(27-29-42)39-22-16-36(17-23-39)13-9-6-4-2/h35-42H,3-34H2,1-2H3. The van der Waals surface area contributed by atoms with Gasteiger partial charge >= 0.3 is 5.97 Å². The van der Waals surface area contributed by atoms with E-state index < -0.39 is 0 Å². The molecule has 0 saturated heterocycles. The molecule has 0 aromatic carbocycles. The Balaban J connectivity index is 0.938. The molecule has 0 amide bonds. The fourth-order valence-corrected chi connectivity index (χ4v) is 11.2. The molecule has 5 fully saturated rings. The molecule has 0 aromatic rings. The number of carbonyl (C=O) groups excluding carboxylic acids is 1. The smallest absolute Gasteiger partial charge is 0.308 e. The molecule has 4 nitrogen and oxygen atoms in total. The van der Waals surface area contributed by atoms with Crippen molar-refractivity contribution in [2.24, 2.45) is 52.8 Å². The molecule has 5 aliphatic carbocycles.